The highest BCUT2D eigenvalue weighted by molar-refractivity contribution is 5.70. The first-order chi connectivity index (χ1) is 18.6. The quantitative estimate of drug-likeness (QED) is 0.0624. The minimum Gasteiger partial charge on any atom is -0.545 e. The number of carbonyl (C=O) groups excluding carboxylic acids is 3. The van der Waals surface area contributed by atoms with E-state index in [1.54, 1.807) is 0 Å². The molecule has 0 saturated carbocycles. The minimum atomic E-state index is -1.61. The number of ether oxygens (including phenoxy) is 4. The van der Waals surface area contributed by atoms with Gasteiger partial charge in [-0.05, 0) is 12.8 Å². The van der Waals surface area contributed by atoms with Gasteiger partial charge in [0.05, 0.1) is 40.3 Å². The summed E-state index contributed by atoms with van der Waals surface area (Å²) < 4.78 is 22.2. The number of esters is 2. The number of rotatable bonds is 27. The average Bonchev–Trinajstić information content (AvgIpc) is 2.87. The van der Waals surface area contributed by atoms with E-state index in [0.29, 0.717) is 23.9 Å². The fourth-order valence-electron chi connectivity index (χ4n) is 3.88. The van der Waals surface area contributed by atoms with Gasteiger partial charge in [-0.3, -0.25) is 9.59 Å². The topological polar surface area (TPSA) is 111 Å². The van der Waals surface area contributed by atoms with Crippen molar-refractivity contribution in [1.29, 1.82) is 0 Å². The zero-order valence-electron chi connectivity index (χ0n) is 25.5. The molecule has 0 aromatic carbocycles. The molecule has 0 aliphatic rings. The van der Waals surface area contributed by atoms with Crippen molar-refractivity contribution in [1.82, 2.24) is 0 Å². The maximum absolute atomic E-state index is 12.4. The highest BCUT2D eigenvalue weighted by atomic mass is 16.7. The summed E-state index contributed by atoms with van der Waals surface area (Å²) in [7, 11) is 5.87. The summed E-state index contributed by atoms with van der Waals surface area (Å²) in [5.41, 5.74) is 0. The van der Waals surface area contributed by atoms with Gasteiger partial charge in [0.25, 0.3) is 0 Å². The van der Waals surface area contributed by atoms with Crippen LogP contribution in [0.1, 0.15) is 117 Å². The molecule has 0 fully saturated rings. The zero-order chi connectivity index (χ0) is 29.4. The van der Waals surface area contributed by atoms with Gasteiger partial charge < -0.3 is 33.3 Å². The highest BCUT2D eigenvalue weighted by Gasteiger charge is 2.21. The van der Waals surface area contributed by atoms with E-state index in [2.05, 4.69) is 13.8 Å². The van der Waals surface area contributed by atoms with Crippen LogP contribution >= 0.6 is 0 Å². The Morgan fingerprint density at radius 2 is 1.15 bits per heavy atom. The lowest BCUT2D eigenvalue weighted by molar-refractivity contribution is -0.870. The molecule has 0 radical (unpaired) electrons. The number of unbranched alkanes of at least 4 members (excludes halogenated alkanes) is 12. The van der Waals surface area contributed by atoms with Gasteiger partial charge in [0, 0.05) is 12.8 Å². The molecule has 230 valence electrons. The molecular weight excluding hydrogens is 502 g/mol. The van der Waals surface area contributed by atoms with Crippen molar-refractivity contribution in [3.05, 3.63) is 0 Å². The Bertz CT molecular complexity index is 635. The van der Waals surface area contributed by atoms with Crippen LogP contribution in [0.15, 0.2) is 0 Å². The van der Waals surface area contributed by atoms with Crippen molar-refractivity contribution in [3.63, 3.8) is 0 Å². The number of carboxylic acids is 1. The molecule has 2 atom stereocenters. The second kappa shape index (κ2) is 24.1. The molecule has 2 unspecified atom stereocenters. The molecule has 9 nitrogen and oxygen atoms in total. The summed E-state index contributed by atoms with van der Waals surface area (Å²) in [6.45, 7) is 4.60. The Morgan fingerprint density at radius 3 is 1.64 bits per heavy atom. The predicted octanol–water partition coefficient (Wildman–Crippen LogP) is 4.54. The van der Waals surface area contributed by atoms with Crippen molar-refractivity contribution in [2.24, 2.45) is 0 Å². The lowest BCUT2D eigenvalue weighted by Gasteiger charge is -2.26. The molecular formula is C30H57NO8. The lowest BCUT2D eigenvalue weighted by Crippen LogP contribution is -2.44. The minimum absolute atomic E-state index is 0.151. The number of hydrogen-bond acceptors (Lipinski definition) is 8. The maximum atomic E-state index is 12.4. The Morgan fingerprint density at radius 1 is 0.667 bits per heavy atom. The smallest absolute Gasteiger partial charge is 0.306 e. The molecule has 0 amide bonds. The number of carbonyl (C=O) groups is 3. The van der Waals surface area contributed by atoms with Crippen LogP contribution in [-0.4, -0.2) is 82.3 Å². The van der Waals surface area contributed by atoms with E-state index in [-0.39, 0.29) is 32.2 Å². The van der Waals surface area contributed by atoms with Crippen LogP contribution in [0, 0.1) is 0 Å². The Balaban J connectivity index is 4.67. The van der Waals surface area contributed by atoms with E-state index in [1.165, 1.54) is 44.9 Å². The van der Waals surface area contributed by atoms with Gasteiger partial charge in [-0.25, -0.2) is 0 Å². The van der Waals surface area contributed by atoms with E-state index in [4.69, 9.17) is 18.9 Å². The van der Waals surface area contributed by atoms with E-state index in [0.717, 1.165) is 38.5 Å². The first-order valence-electron chi connectivity index (χ1n) is 15.2. The van der Waals surface area contributed by atoms with Crippen LogP contribution in [0.3, 0.4) is 0 Å². The van der Waals surface area contributed by atoms with E-state index < -0.39 is 24.3 Å². The normalized spacial score (nSPS) is 13.2. The van der Waals surface area contributed by atoms with Gasteiger partial charge in [-0.1, -0.05) is 90.9 Å². The summed E-state index contributed by atoms with van der Waals surface area (Å²) in [5.74, 6) is -2.30. The first kappa shape index (κ1) is 37.3. The van der Waals surface area contributed by atoms with Crippen molar-refractivity contribution in [2.45, 2.75) is 129 Å². The van der Waals surface area contributed by atoms with Gasteiger partial charge in [0.2, 0.25) is 0 Å². The van der Waals surface area contributed by atoms with E-state index in [9.17, 15) is 19.5 Å². The largest absolute Gasteiger partial charge is 0.545 e. The molecule has 0 bridgehead atoms. The summed E-state index contributed by atoms with van der Waals surface area (Å²) in [4.78, 5) is 36.2. The maximum Gasteiger partial charge on any atom is 0.306 e. The third kappa shape index (κ3) is 25.0. The number of carboxylic acid groups (broad SMARTS) is 1. The molecule has 0 heterocycles. The number of quaternary nitrogens is 1. The molecule has 0 spiro atoms. The number of hydrogen-bond donors (Lipinski definition) is 0. The van der Waals surface area contributed by atoms with Crippen molar-refractivity contribution < 1.29 is 42.9 Å². The SMILES string of the molecule is CCCCCCCCCC(=O)OCC(COC(OCC[N+](C)(C)C)C(=O)[O-])OC(=O)CCCCCCCCC. The van der Waals surface area contributed by atoms with E-state index in [1.807, 2.05) is 21.1 Å². The Kier molecular flexibility index (Phi) is 23.1. The molecule has 0 N–H and O–H groups in total. The van der Waals surface area contributed by atoms with Crippen LogP contribution < -0.4 is 5.11 Å². The second-order valence-corrected chi connectivity index (χ2v) is 11.4. The predicted molar refractivity (Wildman–Crippen MR) is 150 cm³/mol. The molecule has 0 aromatic rings. The van der Waals surface area contributed by atoms with E-state index >= 15 is 0 Å². The molecule has 9 heteroatoms. The Labute approximate surface area is 237 Å². The summed E-state index contributed by atoms with van der Waals surface area (Å²) in [6.07, 6.45) is 13.2. The van der Waals surface area contributed by atoms with Gasteiger partial charge >= 0.3 is 11.9 Å². The monoisotopic (exact) mass is 559 g/mol. The molecule has 0 aromatic heterocycles. The number of nitrogens with zero attached hydrogens (tertiary/aromatic N) is 1. The standard InChI is InChI=1S/C30H57NO8/c1-6-8-10-12-14-16-18-20-27(32)37-24-26(39-28(33)21-19-17-15-13-11-9-7-2)25-38-30(29(34)35)36-23-22-31(3,4)5/h26,30H,6-25H2,1-5H3. The van der Waals surface area contributed by atoms with Crippen molar-refractivity contribution >= 4 is 17.9 Å². The molecule has 39 heavy (non-hydrogen) atoms. The first-order valence-corrected chi connectivity index (χ1v) is 15.2. The Hall–Kier alpha value is -1.71. The van der Waals surface area contributed by atoms with Crippen LogP contribution in [0.25, 0.3) is 0 Å². The van der Waals surface area contributed by atoms with Crippen molar-refractivity contribution in [3.8, 4) is 0 Å². The number of likely N-dealkylation sites (N-methyl/N-ethyl adjacent to an activating group) is 1. The van der Waals surface area contributed by atoms with Crippen molar-refractivity contribution in [2.75, 3.05) is 47.5 Å². The zero-order valence-corrected chi connectivity index (χ0v) is 25.5. The van der Waals surface area contributed by atoms with Crippen LogP contribution in [0.5, 0.6) is 0 Å². The summed E-state index contributed by atoms with van der Waals surface area (Å²) in [6, 6.07) is 0. The molecule has 0 aliphatic carbocycles. The fourth-order valence-corrected chi connectivity index (χ4v) is 3.88. The highest BCUT2D eigenvalue weighted by Crippen LogP contribution is 2.12. The molecule has 0 saturated heterocycles. The average molecular weight is 560 g/mol. The fraction of sp³-hybridized carbons (Fsp3) is 0.900. The third-order valence-corrected chi connectivity index (χ3v) is 6.35. The third-order valence-electron chi connectivity index (χ3n) is 6.35. The summed E-state index contributed by atoms with van der Waals surface area (Å²) >= 11 is 0. The van der Waals surface area contributed by atoms with Gasteiger partial charge in [0.15, 0.2) is 12.4 Å². The van der Waals surface area contributed by atoms with Crippen LogP contribution in [-0.2, 0) is 33.3 Å². The van der Waals surface area contributed by atoms with Crippen LogP contribution in [0.4, 0.5) is 0 Å². The molecule has 0 aliphatic heterocycles. The van der Waals surface area contributed by atoms with Gasteiger partial charge in [-0.2, -0.15) is 0 Å². The summed E-state index contributed by atoms with van der Waals surface area (Å²) in [5, 5.41) is 11.5. The molecule has 0 rings (SSSR count). The van der Waals surface area contributed by atoms with Gasteiger partial charge in [-0.15, -0.1) is 0 Å². The number of aliphatic carboxylic acids is 1. The lowest BCUT2D eigenvalue weighted by atomic mass is 10.1. The van der Waals surface area contributed by atoms with Gasteiger partial charge in [0.1, 0.15) is 13.2 Å². The van der Waals surface area contributed by atoms with Crippen LogP contribution in [0.2, 0.25) is 0 Å². The second-order valence-electron chi connectivity index (χ2n) is 11.4.